The fourth-order valence-corrected chi connectivity index (χ4v) is 2.54. The number of hydrogen-bond acceptors (Lipinski definition) is 2. The minimum Gasteiger partial charge on any atom is -0.508 e. The number of phenolic OH excluding ortho intramolecular Hbond substituents is 1. The second-order valence-corrected chi connectivity index (χ2v) is 5.49. The Bertz CT molecular complexity index is 383. The zero-order valence-electron chi connectivity index (χ0n) is 10.9. The average Bonchev–Trinajstić information content (AvgIpc) is 3.04. The molecule has 17 heavy (non-hydrogen) atoms. The normalized spacial score (nSPS) is 17.1. The van der Waals surface area contributed by atoms with Gasteiger partial charge in [-0.15, -0.1) is 0 Å². The quantitative estimate of drug-likeness (QED) is 0.789. The Labute approximate surface area is 104 Å². The topological polar surface area (TPSA) is 32.3 Å². The molecule has 0 radical (unpaired) electrons. The summed E-state index contributed by atoms with van der Waals surface area (Å²) in [6, 6.07) is 5.78. The van der Waals surface area contributed by atoms with Crippen LogP contribution in [0.25, 0.3) is 0 Å². The van der Waals surface area contributed by atoms with Crippen LogP contribution in [-0.2, 0) is 6.54 Å². The van der Waals surface area contributed by atoms with Gasteiger partial charge in [0.25, 0.3) is 0 Å². The molecule has 1 aliphatic rings. The Morgan fingerprint density at radius 2 is 2.12 bits per heavy atom. The van der Waals surface area contributed by atoms with E-state index in [-0.39, 0.29) is 0 Å². The first-order chi connectivity index (χ1) is 8.15. The maximum absolute atomic E-state index is 9.74. The first-order valence-electron chi connectivity index (χ1n) is 6.64. The van der Waals surface area contributed by atoms with Crippen molar-refractivity contribution in [1.29, 1.82) is 0 Å². The van der Waals surface area contributed by atoms with Crippen LogP contribution >= 0.6 is 0 Å². The fraction of sp³-hybridized carbons (Fsp3) is 0.600. The SMILES string of the molecule is CCCC1(CNCc2cc(C)ccc2O)CC1. The van der Waals surface area contributed by atoms with Crippen LogP contribution in [0.1, 0.15) is 43.7 Å². The highest BCUT2D eigenvalue weighted by molar-refractivity contribution is 5.35. The molecule has 0 spiro atoms. The Morgan fingerprint density at radius 1 is 1.35 bits per heavy atom. The van der Waals surface area contributed by atoms with Crippen LogP contribution in [0.15, 0.2) is 18.2 Å². The number of hydrogen-bond donors (Lipinski definition) is 2. The van der Waals surface area contributed by atoms with E-state index in [1.807, 2.05) is 6.07 Å². The summed E-state index contributed by atoms with van der Waals surface area (Å²) in [5, 5.41) is 13.2. The highest BCUT2D eigenvalue weighted by Gasteiger charge is 2.40. The molecule has 1 fully saturated rings. The molecule has 1 aliphatic carbocycles. The number of benzene rings is 1. The Balaban J connectivity index is 1.84. The summed E-state index contributed by atoms with van der Waals surface area (Å²) < 4.78 is 0. The molecular formula is C15H23NO. The van der Waals surface area contributed by atoms with Gasteiger partial charge in [-0.2, -0.15) is 0 Å². The standard InChI is InChI=1S/C15H23NO/c1-3-6-15(7-8-15)11-16-10-13-9-12(2)4-5-14(13)17/h4-5,9,16-17H,3,6-8,10-11H2,1-2H3. The van der Waals surface area contributed by atoms with Gasteiger partial charge >= 0.3 is 0 Å². The molecule has 0 atom stereocenters. The van der Waals surface area contributed by atoms with Gasteiger partial charge in [-0.05, 0) is 37.7 Å². The van der Waals surface area contributed by atoms with E-state index in [4.69, 9.17) is 0 Å². The van der Waals surface area contributed by atoms with Gasteiger partial charge in [0, 0.05) is 18.7 Å². The molecule has 2 heteroatoms. The maximum atomic E-state index is 9.74. The van der Waals surface area contributed by atoms with E-state index in [0.717, 1.165) is 18.7 Å². The molecule has 2 N–H and O–H groups in total. The largest absolute Gasteiger partial charge is 0.508 e. The molecule has 1 aromatic carbocycles. The van der Waals surface area contributed by atoms with Gasteiger partial charge in [-0.3, -0.25) is 0 Å². The van der Waals surface area contributed by atoms with Crippen LogP contribution in [0.4, 0.5) is 0 Å². The molecular weight excluding hydrogens is 210 g/mol. The summed E-state index contributed by atoms with van der Waals surface area (Å²) in [4.78, 5) is 0. The van der Waals surface area contributed by atoms with Gasteiger partial charge in [0.1, 0.15) is 5.75 Å². The van der Waals surface area contributed by atoms with Crippen molar-refractivity contribution in [3.63, 3.8) is 0 Å². The number of rotatable bonds is 6. The van der Waals surface area contributed by atoms with Crippen LogP contribution in [0.5, 0.6) is 5.75 Å². The third-order valence-corrected chi connectivity index (χ3v) is 3.79. The monoisotopic (exact) mass is 233 g/mol. The molecule has 0 unspecified atom stereocenters. The predicted molar refractivity (Wildman–Crippen MR) is 71.1 cm³/mol. The number of nitrogens with one attached hydrogen (secondary N) is 1. The number of aromatic hydroxyl groups is 1. The van der Waals surface area contributed by atoms with Crippen molar-refractivity contribution in [3.05, 3.63) is 29.3 Å². The van der Waals surface area contributed by atoms with Gasteiger partial charge in [-0.1, -0.05) is 31.0 Å². The van der Waals surface area contributed by atoms with E-state index in [0.29, 0.717) is 11.2 Å². The van der Waals surface area contributed by atoms with Crippen molar-refractivity contribution in [3.8, 4) is 5.75 Å². The summed E-state index contributed by atoms with van der Waals surface area (Å²) in [6.45, 7) is 6.18. The molecule has 1 saturated carbocycles. The Morgan fingerprint density at radius 3 is 2.76 bits per heavy atom. The third kappa shape index (κ3) is 3.22. The lowest BCUT2D eigenvalue weighted by atomic mass is 10.0. The van der Waals surface area contributed by atoms with Crippen LogP contribution in [0.3, 0.4) is 0 Å². The van der Waals surface area contributed by atoms with Crippen LogP contribution in [0, 0.1) is 12.3 Å². The summed E-state index contributed by atoms with van der Waals surface area (Å²) in [6.07, 6.45) is 5.35. The third-order valence-electron chi connectivity index (χ3n) is 3.79. The van der Waals surface area contributed by atoms with Crippen LogP contribution < -0.4 is 5.32 Å². The van der Waals surface area contributed by atoms with Crippen molar-refractivity contribution in [2.45, 2.75) is 46.1 Å². The fourth-order valence-electron chi connectivity index (χ4n) is 2.54. The van der Waals surface area contributed by atoms with E-state index in [1.165, 1.54) is 31.2 Å². The number of aryl methyl sites for hydroxylation is 1. The van der Waals surface area contributed by atoms with Gasteiger partial charge in [-0.25, -0.2) is 0 Å². The van der Waals surface area contributed by atoms with E-state index < -0.39 is 0 Å². The highest BCUT2D eigenvalue weighted by Crippen LogP contribution is 2.48. The summed E-state index contributed by atoms with van der Waals surface area (Å²) in [5.74, 6) is 0.406. The summed E-state index contributed by atoms with van der Waals surface area (Å²) >= 11 is 0. The second-order valence-electron chi connectivity index (χ2n) is 5.49. The first-order valence-corrected chi connectivity index (χ1v) is 6.64. The van der Waals surface area contributed by atoms with Gasteiger partial charge < -0.3 is 10.4 Å². The smallest absolute Gasteiger partial charge is 0.120 e. The molecule has 2 rings (SSSR count). The lowest BCUT2D eigenvalue weighted by Crippen LogP contribution is -2.23. The minimum atomic E-state index is 0.406. The van der Waals surface area contributed by atoms with Crippen molar-refractivity contribution in [2.24, 2.45) is 5.41 Å². The first kappa shape index (κ1) is 12.4. The van der Waals surface area contributed by atoms with Crippen molar-refractivity contribution < 1.29 is 5.11 Å². The zero-order valence-corrected chi connectivity index (χ0v) is 10.9. The average molecular weight is 233 g/mol. The molecule has 0 amide bonds. The van der Waals surface area contributed by atoms with Crippen molar-refractivity contribution in [2.75, 3.05) is 6.54 Å². The van der Waals surface area contributed by atoms with E-state index in [1.54, 1.807) is 6.07 Å². The second kappa shape index (κ2) is 5.09. The van der Waals surface area contributed by atoms with Crippen molar-refractivity contribution >= 4 is 0 Å². The van der Waals surface area contributed by atoms with Crippen LogP contribution in [-0.4, -0.2) is 11.7 Å². The predicted octanol–water partition coefficient (Wildman–Crippen LogP) is 3.37. The minimum absolute atomic E-state index is 0.406. The van der Waals surface area contributed by atoms with Gasteiger partial charge in [0.15, 0.2) is 0 Å². The molecule has 0 aliphatic heterocycles. The van der Waals surface area contributed by atoms with Crippen molar-refractivity contribution in [1.82, 2.24) is 5.32 Å². The molecule has 94 valence electrons. The van der Waals surface area contributed by atoms with E-state index in [2.05, 4.69) is 25.2 Å². The Kier molecular flexibility index (Phi) is 3.72. The summed E-state index contributed by atoms with van der Waals surface area (Å²) in [5.41, 5.74) is 2.79. The lowest BCUT2D eigenvalue weighted by Gasteiger charge is -2.15. The Hall–Kier alpha value is -1.02. The molecule has 0 bridgehead atoms. The molecule has 0 saturated heterocycles. The van der Waals surface area contributed by atoms with E-state index in [9.17, 15) is 5.11 Å². The maximum Gasteiger partial charge on any atom is 0.120 e. The summed E-state index contributed by atoms with van der Waals surface area (Å²) in [7, 11) is 0. The molecule has 1 aromatic rings. The van der Waals surface area contributed by atoms with E-state index >= 15 is 0 Å². The van der Waals surface area contributed by atoms with Gasteiger partial charge in [0.2, 0.25) is 0 Å². The van der Waals surface area contributed by atoms with Crippen LogP contribution in [0.2, 0.25) is 0 Å². The van der Waals surface area contributed by atoms with Gasteiger partial charge in [0.05, 0.1) is 0 Å². The zero-order chi connectivity index (χ0) is 12.3. The highest BCUT2D eigenvalue weighted by atomic mass is 16.3. The molecule has 0 aromatic heterocycles. The number of phenols is 1. The lowest BCUT2D eigenvalue weighted by molar-refractivity contribution is 0.414. The molecule has 2 nitrogen and oxygen atoms in total. The molecule has 0 heterocycles.